The van der Waals surface area contributed by atoms with Crippen LogP contribution in [0.5, 0.6) is 0 Å². The molecule has 1 N–H and O–H groups in total. The van der Waals surface area contributed by atoms with Crippen molar-refractivity contribution in [1.29, 1.82) is 0 Å². The molecule has 0 aromatic heterocycles. The maximum Gasteiger partial charge on any atom is 0.240 e. The zero-order valence-electron chi connectivity index (χ0n) is 12.5. The number of rotatable bonds is 1. The highest BCUT2D eigenvalue weighted by atomic mass is 127. The molecular formula is C16H15ClINO4. The SMILES string of the molecule is CC12CC(O)C(C)(O1)C1C(=O)N(c3ccc(Cl)c(I)c3)C(=O)C12. The van der Waals surface area contributed by atoms with Gasteiger partial charge in [-0.2, -0.15) is 0 Å². The van der Waals surface area contributed by atoms with E-state index in [2.05, 4.69) is 22.6 Å². The Morgan fingerprint density at radius 1 is 1.30 bits per heavy atom. The molecule has 7 heteroatoms. The van der Waals surface area contributed by atoms with Crippen molar-refractivity contribution in [1.82, 2.24) is 0 Å². The van der Waals surface area contributed by atoms with E-state index in [1.165, 1.54) is 4.90 Å². The molecule has 1 aromatic carbocycles. The molecule has 0 saturated carbocycles. The molecule has 3 aliphatic heterocycles. The Morgan fingerprint density at radius 3 is 2.61 bits per heavy atom. The number of fused-ring (bicyclic) bond motifs is 5. The Kier molecular flexibility index (Phi) is 3.22. The van der Waals surface area contributed by atoms with Crippen molar-refractivity contribution in [2.75, 3.05) is 4.90 Å². The van der Waals surface area contributed by atoms with Gasteiger partial charge in [0.1, 0.15) is 5.60 Å². The van der Waals surface area contributed by atoms with Crippen LogP contribution < -0.4 is 4.90 Å². The number of amides is 2. The van der Waals surface area contributed by atoms with Crippen molar-refractivity contribution in [3.63, 3.8) is 0 Å². The van der Waals surface area contributed by atoms with Gasteiger partial charge in [-0.05, 0) is 54.6 Å². The van der Waals surface area contributed by atoms with Gasteiger partial charge in [-0.1, -0.05) is 11.6 Å². The molecule has 4 rings (SSSR count). The highest BCUT2D eigenvalue weighted by Crippen LogP contribution is 2.60. The van der Waals surface area contributed by atoms with Crippen molar-refractivity contribution in [2.45, 2.75) is 37.6 Å². The van der Waals surface area contributed by atoms with Crippen molar-refractivity contribution in [3.05, 3.63) is 26.8 Å². The highest BCUT2D eigenvalue weighted by molar-refractivity contribution is 14.1. The van der Waals surface area contributed by atoms with Crippen molar-refractivity contribution in [2.24, 2.45) is 11.8 Å². The van der Waals surface area contributed by atoms with Gasteiger partial charge in [0.15, 0.2) is 0 Å². The van der Waals surface area contributed by atoms with Gasteiger partial charge in [0.2, 0.25) is 11.8 Å². The number of aliphatic hydroxyl groups is 1. The summed E-state index contributed by atoms with van der Waals surface area (Å²) in [6, 6.07) is 5.07. The number of hydrogen-bond donors (Lipinski definition) is 1. The van der Waals surface area contributed by atoms with Gasteiger partial charge in [-0.25, -0.2) is 4.90 Å². The van der Waals surface area contributed by atoms with Gasteiger partial charge in [-0.3, -0.25) is 9.59 Å². The summed E-state index contributed by atoms with van der Waals surface area (Å²) in [4.78, 5) is 27.1. The Bertz CT molecular complexity index is 756. The number of anilines is 1. The van der Waals surface area contributed by atoms with E-state index in [1.54, 1.807) is 25.1 Å². The number of imide groups is 1. The maximum absolute atomic E-state index is 13.0. The molecule has 5 unspecified atom stereocenters. The molecule has 0 radical (unpaired) electrons. The minimum absolute atomic E-state index is 0.253. The first-order valence-electron chi connectivity index (χ1n) is 7.40. The second-order valence-electron chi connectivity index (χ2n) is 6.88. The Hall–Kier alpha value is -0.700. The maximum atomic E-state index is 13.0. The van der Waals surface area contributed by atoms with Crippen LogP contribution in [-0.2, 0) is 14.3 Å². The summed E-state index contributed by atoms with van der Waals surface area (Å²) in [7, 11) is 0. The number of hydrogen-bond acceptors (Lipinski definition) is 4. The monoisotopic (exact) mass is 447 g/mol. The van der Waals surface area contributed by atoms with Crippen LogP contribution in [0.3, 0.4) is 0 Å². The topological polar surface area (TPSA) is 66.8 Å². The zero-order chi connectivity index (χ0) is 16.7. The molecule has 122 valence electrons. The molecular weight excluding hydrogens is 433 g/mol. The molecule has 1 aromatic rings. The van der Waals surface area contributed by atoms with Crippen LogP contribution in [0.2, 0.25) is 5.02 Å². The lowest BCUT2D eigenvalue weighted by atomic mass is 9.67. The first kappa shape index (κ1) is 15.8. The van der Waals surface area contributed by atoms with E-state index in [4.69, 9.17) is 16.3 Å². The fourth-order valence-corrected chi connectivity index (χ4v) is 5.02. The van der Waals surface area contributed by atoms with Crippen LogP contribution in [0.4, 0.5) is 5.69 Å². The van der Waals surface area contributed by atoms with Crippen LogP contribution in [0, 0.1) is 15.4 Å². The van der Waals surface area contributed by atoms with Gasteiger partial charge >= 0.3 is 0 Å². The third kappa shape index (κ3) is 1.86. The van der Waals surface area contributed by atoms with Gasteiger partial charge < -0.3 is 9.84 Å². The molecule has 2 amide bonds. The standard InChI is InChI=1S/C16H15ClINO4/c1-15-6-10(20)16(2,23-15)12-11(15)13(21)19(14(12)22)7-3-4-8(17)9(18)5-7/h3-5,10-12,20H,6H2,1-2H3. The number of carbonyl (C=O) groups excluding carboxylic acids is 2. The number of benzene rings is 1. The summed E-state index contributed by atoms with van der Waals surface area (Å²) in [5.41, 5.74) is -1.27. The lowest BCUT2D eigenvalue weighted by molar-refractivity contribution is -0.132. The molecule has 3 heterocycles. The molecule has 2 bridgehead atoms. The van der Waals surface area contributed by atoms with Crippen molar-refractivity contribution < 1.29 is 19.4 Å². The van der Waals surface area contributed by atoms with Crippen molar-refractivity contribution in [3.8, 4) is 0 Å². The van der Waals surface area contributed by atoms with E-state index < -0.39 is 29.1 Å². The van der Waals surface area contributed by atoms with Crippen LogP contribution in [0.1, 0.15) is 20.3 Å². The van der Waals surface area contributed by atoms with E-state index in [-0.39, 0.29) is 11.8 Å². The van der Waals surface area contributed by atoms with E-state index in [0.29, 0.717) is 17.1 Å². The fourth-order valence-electron chi connectivity index (χ4n) is 4.40. The Morgan fingerprint density at radius 2 is 1.96 bits per heavy atom. The van der Waals surface area contributed by atoms with Crippen molar-refractivity contribution >= 4 is 51.7 Å². The molecule has 3 saturated heterocycles. The smallest absolute Gasteiger partial charge is 0.240 e. The van der Waals surface area contributed by atoms with Crippen LogP contribution in [-0.4, -0.2) is 34.2 Å². The normalized spacial score (nSPS) is 41.8. The van der Waals surface area contributed by atoms with E-state index in [1.807, 2.05) is 6.92 Å². The Labute approximate surface area is 152 Å². The minimum atomic E-state index is -1.000. The first-order chi connectivity index (χ1) is 10.7. The van der Waals surface area contributed by atoms with Crippen LogP contribution in [0.15, 0.2) is 18.2 Å². The number of ether oxygens (including phenoxy) is 1. The Balaban J connectivity index is 1.80. The number of aliphatic hydroxyl groups excluding tert-OH is 1. The summed E-state index contributed by atoms with van der Waals surface area (Å²) in [6.07, 6.45) is -0.369. The fraction of sp³-hybridized carbons (Fsp3) is 0.500. The lowest BCUT2D eigenvalue weighted by Gasteiger charge is -2.31. The average molecular weight is 448 g/mol. The number of carbonyl (C=O) groups is 2. The molecule has 0 spiro atoms. The molecule has 0 aliphatic carbocycles. The minimum Gasteiger partial charge on any atom is -0.390 e. The lowest BCUT2D eigenvalue weighted by Crippen LogP contribution is -2.49. The second-order valence-corrected chi connectivity index (χ2v) is 8.45. The molecule has 3 aliphatic rings. The molecule has 5 atom stereocenters. The van der Waals surface area contributed by atoms with Crippen LogP contribution >= 0.6 is 34.2 Å². The summed E-state index contributed by atoms with van der Waals surface area (Å²) in [5, 5.41) is 10.9. The first-order valence-corrected chi connectivity index (χ1v) is 8.86. The third-order valence-electron chi connectivity index (χ3n) is 5.46. The zero-order valence-corrected chi connectivity index (χ0v) is 15.5. The van der Waals surface area contributed by atoms with E-state index >= 15 is 0 Å². The van der Waals surface area contributed by atoms with Gasteiger partial charge in [0, 0.05) is 9.99 Å². The van der Waals surface area contributed by atoms with Gasteiger partial charge in [-0.15, -0.1) is 0 Å². The third-order valence-corrected chi connectivity index (χ3v) is 7.00. The second kappa shape index (κ2) is 4.68. The highest BCUT2D eigenvalue weighted by Gasteiger charge is 2.75. The quantitative estimate of drug-likeness (QED) is 0.530. The number of nitrogens with zero attached hydrogens (tertiary/aromatic N) is 1. The number of halogens is 2. The van der Waals surface area contributed by atoms with Gasteiger partial charge in [0.25, 0.3) is 0 Å². The molecule has 3 fully saturated rings. The predicted octanol–water partition coefficient (Wildman–Crippen LogP) is 2.36. The summed E-state index contributed by atoms with van der Waals surface area (Å²) in [5.74, 6) is -1.74. The molecule has 23 heavy (non-hydrogen) atoms. The predicted molar refractivity (Wildman–Crippen MR) is 92.2 cm³/mol. The van der Waals surface area contributed by atoms with Crippen LogP contribution in [0.25, 0.3) is 0 Å². The van der Waals surface area contributed by atoms with Gasteiger partial charge in [0.05, 0.1) is 34.3 Å². The average Bonchev–Trinajstić information content (AvgIpc) is 2.96. The molecule has 5 nitrogen and oxygen atoms in total. The summed E-state index contributed by atoms with van der Waals surface area (Å²) >= 11 is 8.09. The summed E-state index contributed by atoms with van der Waals surface area (Å²) in [6.45, 7) is 3.54. The summed E-state index contributed by atoms with van der Waals surface area (Å²) < 4.78 is 6.73. The van der Waals surface area contributed by atoms with E-state index in [9.17, 15) is 14.7 Å². The largest absolute Gasteiger partial charge is 0.390 e. The van der Waals surface area contributed by atoms with E-state index in [0.717, 1.165) is 3.57 Å².